The minimum absolute atomic E-state index is 0. The summed E-state index contributed by atoms with van der Waals surface area (Å²) in [6, 6.07) is 123. The molecule has 4 aliphatic rings. The fraction of sp³-hybridized carbons (Fsp3) is 0.182. The monoisotopic (exact) mass is 2590 g/mol. The molecule has 1 N–H and O–H groups in total. The number of aromatic nitrogens is 8. The normalized spacial score (nSPS) is 13.6. The van der Waals surface area contributed by atoms with E-state index in [2.05, 4.69) is 364 Å². The SMILES string of the molecule is Brc1cc2[c-]c(c1)-c1cccc(n1)Cc1cccc(n1)-c1[c-]c(ccc1)CCC2.Brc1cc2[c-]c(c1)-c1cccc(n1)Cc1cccc(n1)-c1[c-]c(ccc1)CCC2.CCC(C)COC1c2cccc(n2)-c2[c-]c(ccc2)CCCc2[c-]c(cc(Br)c2)-c2cccc1n2.[Ir].[Ir].[Ir].[Ir].[c-]1c2cccc1-c1cccc(n1)Cc1cccc(n1)-c1[c-]c3c(cccc3s1)CNC2. The molecule has 17 aromatic rings. The Morgan fingerprint density at radius 2 is 0.648 bits per heavy atom. The molecule has 18 heteroatoms. The van der Waals surface area contributed by atoms with E-state index < -0.39 is 0 Å². The quantitative estimate of drug-likeness (QED) is 0.170. The molecule has 128 heavy (non-hydrogen) atoms. The number of halogens is 3. The second kappa shape index (κ2) is 45.6. The van der Waals surface area contributed by atoms with Gasteiger partial charge < -0.3 is 35.0 Å². The number of nitrogens with one attached hydrogen (secondary N) is 1. The molecule has 21 rings (SSSR count). The maximum absolute atomic E-state index is 6.50. The molecule has 0 fully saturated rings. The van der Waals surface area contributed by atoms with Crippen molar-refractivity contribution in [2.24, 2.45) is 5.92 Å². The molecular weight excluding hydrogens is 2500 g/mol. The molecule has 4 radical (unpaired) electrons. The van der Waals surface area contributed by atoms with Crippen molar-refractivity contribution in [1.29, 1.82) is 0 Å². The van der Waals surface area contributed by atoms with Crippen LogP contribution < -0.4 is 5.32 Å². The number of rotatable bonds is 4. The minimum atomic E-state index is -0.355. The summed E-state index contributed by atoms with van der Waals surface area (Å²) in [4.78, 5) is 40.6. The fourth-order valence-corrected chi connectivity index (χ4v) is 18.5. The van der Waals surface area contributed by atoms with Gasteiger partial charge in [0.2, 0.25) is 0 Å². The van der Waals surface area contributed by atoms with Gasteiger partial charge in [-0.25, -0.2) is 11.3 Å². The average molecular weight is 2590 g/mol. The van der Waals surface area contributed by atoms with E-state index in [4.69, 9.17) is 44.6 Å². The van der Waals surface area contributed by atoms with Gasteiger partial charge in [0.15, 0.2) is 0 Å². The Morgan fingerprint density at radius 1 is 0.336 bits per heavy atom. The third-order valence-electron chi connectivity index (χ3n) is 22.4. The van der Waals surface area contributed by atoms with E-state index in [0.717, 1.165) is 231 Å². The van der Waals surface area contributed by atoms with Crippen LogP contribution in [0.4, 0.5) is 0 Å². The zero-order valence-corrected chi connectivity index (χ0v) is 85.5. The first-order valence-corrected chi connectivity index (χ1v) is 45.7. The average Bonchev–Trinajstić information content (AvgIpc) is 1.70. The van der Waals surface area contributed by atoms with Gasteiger partial charge in [0.25, 0.3) is 0 Å². The molecule has 10 nitrogen and oxygen atoms in total. The van der Waals surface area contributed by atoms with E-state index in [1.807, 2.05) is 24.3 Å². The number of ether oxygens (including phenoxy) is 1. The van der Waals surface area contributed by atoms with Crippen LogP contribution in [0, 0.1) is 54.4 Å². The molecule has 13 heterocycles. The van der Waals surface area contributed by atoms with E-state index in [0.29, 0.717) is 31.8 Å². The molecule has 0 saturated carbocycles. The number of hydrogen-bond donors (Lipinski definition) is 1. The van der Waals surface area contributed by atoms with Gasteiger partial charge in [-0.15, -0.1) is 247 Å². The molecule has 4 aliphatic heterocycles. The topological polar surface area (TPSA) is 124 Å². The molecular formula is C110H86Br3Ir4N9OS-8. The Kier molecular flexibility index (Phi) is 33.8. The summed E-state index contributed by atoms with van der Waals surface area (Å²) < 4.78 is 10.9. The van der Waals surface area contributed by atoms with Gasteiger partial charge in [0.1, 0.15) is 6.10 Å². The van der Waals surface area contributed by atoms with Crippen LogP contribution in [0.2, 0.25) is 0 Å². The summed E-state index contributed by atoms with van der Waals surface area (Å²) >= 11 is 12.8. The molecule has 0 saturated heterocycles. The molecule has 32 bridgehead atoms. The van der Waals surface area contributed by atoms with E-state index in [-0.39, 0.29) is 86.5 Å². The summed E-state index contributed by atoms with van der Waals surface area (Å²) in [6.45, 7) is 6.58. The first-order chi connectivity index (χ1) is 60.9. The number of benzene rings is 8. The Balaban J connectivity index is 0.000000137. The molecule has 0 aliphatic carbocycles. The van der Waals surface area contributed by atoms with Crippen LogP contribution in [0.25, 0.3) is 99.5 Å². The molecule has 648 valence electrons. The van der Waals surface area contributed by atoms with Crippen LogP contribution in [0.5, 0.6) is 0 Å². The van der Waals surface area contributed by atoms with Crippen LogP contribution in [0.15, 0.2) is 286 Å². The summed E-state index contributed by atoms with van der Waals surface area (Å²) in [5, 5.41) is 4.76. The van der Waals surface area contributed by atoms with Gasteiger partial charge >= 0.3 is 0 Å². The van der Waals surface area contributed by atoms with Gasteiger partial charge in [0, 0.05) is 146 Å². The summed E-state index contributed by atoms with van der Waals surface area (Å²) in [7, 11) is 0. The van der Waals surface area contributed by atoms with Crippen molar-refractivity contribution >= 4 is 69.2 Å². The Hall–Kier alpha value is -9.12. The van der Waals surface area contributed by atoms with Crippen molar-refractivity contribution in [3.05, 3.63) is 425 Å². The number of fused-ring (bicyclic) bond motifs is 39. The van der Waals surface area contributed by atoms with Crippen molar-refractivity contribution in [2.75, 3.05) is 6.61 Å². The zero-order chi connectivity index (χ0) is 84.1. The van der Waals surface area contributed by atoms with Gasteiger partial charge in [-0.3, -0.25) is 15.0 Å². The number of nitrogens with zero attached hydrogens (tertiary/aromatic N) is 8. The molecule has 2 atom stereocenters. The van der Waals surface area contributed by atoms with E-state index in [9.17, 15) is 0 Å². The summed E-state index contributed by atoms with van der Waals surface area (Å²) in [5.74, 6) is 0.452. The van der Waals surface area contributed by atoms with Crippen LogP contribution >= 0.6 is 59.1 Å². The number of aryl methyl sites for hydroxylation is 6. The third kappa shape index (κ3) is 24.7. The maximum atomic E-state index is 6.50. The van der Waals surface area contributed by atoms with Crippen molar-refractivity contribution in [2.45, 2.75) is 117 Å². The van der Waals surface area contributed by atoms with E-state index >= 15 is 0 Å². The van der Waals surface area contributed by atoms with E-state index in [1.165, 1.54) is 49.0 Å². The Morgan fingerprint density at radius 3 is 1.05 bits per heavy atom. The smallest absolute Gasteiger partial charge is 0.139 e. The second-order valence-corrected chi connectivity index (χ2v) is 35.6. The zero-order valence-electron chi connectivity index (χ0n) is 70.3. The van der Waals surface area contributed by atoms with Gasteiger partial charge in [-0.1, -0.05) is 197 Å². The number of thiophene rings is 1. The summed E-state index contributed by atoms with van der Waals surface area (Å²) in [5.41, 5.74) is 32.1. The van der Waals surface area contributed by atoms with Gasteiger partial charge in [0.05, 0.1) is 18.0 Å². The largest absolute Gasteiger partial charge is 0.365 e. The second-order valence-electron chi connectivity index (χ2n) is 31.8. The standard InChI is InChI=1S/C31H29BrN2O.C27H19N3S.2C26H19BrN2.4Ir/c1-3-21(2)20-35-31-29-14-6-12-27(33-29)24-11-5-9-22(16-24)8-4-10-23-17-25(19-26(32)18-23)28-13-7-15-30(31)34-28;1-5-18-13-19(6-1)24-10-3-8-21(29-24)14-22-9-4-11-25(30-22)27-15-23-20(17-28-16-18)7-2-12-26(23)31-27;2*27-22-15-19-7-1-5-18-6-2-8-20(13-18)25-11-3-9-23(28-25)17-24-10-4-12-26(29-24)21(14-19)16-22;;;;/h5-7,9,11-15,18-19,21,31H,3-4,8,10,20H2,1-2H3;1-12,28H,14,16-17H2;2*2-4,6,8-12,15-16H,1,5,7,17H2;;;;/q4*-2;;;;. The molecule has 2 unspecified atom stereocenters. The predicted octanol–water partition coefficient (Wildman–Crippen LogP) is 26.1. The summed E-state index contributed by atoms with van der Waals surface area (Å²) in [6.07, 6.45) is 11.7. The van der Waals surface area contributed by atoms with Crippen molar-refractivity contribution in [1.82, 2.24) is 45.2 Å². The maximum Gasteiger partial charge on any atom is 0.139 e. The minimum Gasteiger partial charge on any atom is -0.365 e. The van der Waals surface area contributed by atoms with Gasteiger partial charge in [-0.05, 0) is 168 Å². The van der Waals surface area contributed by atoms with Crippen LogP contribution in [-0.4, -0.2) is 46.5 Å². The Bertz CT molecular complexity index is 6520. The van der Waals surface area contributed by atoms with Crippen molar-refractivity contribution in [3.8, 4) is 89.4 Å². The van der Waals surface area contributed by atoms with Crippen LogP contribution in [-0.2, 0) is 156 Å². The molecule has 9 aromatic heterocycles. The molecule has 8 aromatic carbocycles. The number of hydrogen-bond acceptors (Lipinski definition) is 11. The third-order valence-corrected chi connectivity index (χ3v) is 24.8. The molecule has 0 amide bonds. The number of pyridine rings is 8. The van der Waals surface area contributed by atoms with Crippen LogP contribution in [0.3, 0.4) is 0 Å². The van der Waals surface area contributed by atoms with Crippen molar-refractivity contribution < 1.29 is 85.2 Å². The van der Waals surface area contributed by atoms with Crippen LogP contribution in [0.1, 0.15) is 136 Å². The van der Waals surface area contributed by atoms with E-state index in [1.54, 1.807) is 11.3 Å². The predicted molar refractivity (Wildman–Crippen MR) is 509 cm³/mol. The first kappa shape index (κ1) is 95.0. The molecule has 0 spiro atoms. The van der Waals surface area contributed by atoms with Crippen molar-refractivity contribution in [3.63, 3.8) is 0 Å². The van der Waals surface area contributed by atoms with Gasteiger partial charge in [-0.2, -0.15) is 0 Å². The first-order valence-electron chi connectivity index (χ1n) is 42.5. The Labute approximate surface area is 834 Å². The fourth-order valence-electron chi connectivity index (χ4n) is 15.9.